The zero-order chi connectivity index (χ0) is 15.8. The Bertz CT molecular complexity index is 414. The number of likely N-dealkylation sites (tertiary alicyclic amines) is 1. The quantitative estimate of drug-likeness (QED) is 0.860. The number of aliphatic carboxylic acids is 1. The minimum absolute atomic E-state index is 0.00804. The Morgan fingerprint density at radius 1 is 1.24 bits per heavy atom. The first-order chi connectivity index (χ1) is 9.69. The highest BCUT2D eigenvalue weighted by molar-refractivity contribution is 5.74. The topological polar surface area (TPSA) is 70.1 Å². The molecule has 6 heteroatoms. The van der Waals surface area contributed by atoms with E-state index in [1.807, 2.05) is 27.8 Å². The number of ether oxygens (including phenoxy) is 1. The van der Waals surface area contributed by atoms with Crippen molar-refractivity contribution >= 4 is 12.1 Å². The third kappa shape index (κ3) is 4.09. The average molecular weight is 298 g/mol. The largest absolute Gasteiger partial charge is 0.481 e. The molecule has 2 fully saturated rings. The fourth-order valence-electron chi connectivity index (χ4n) is 2.91. The molecule has 0 aromatic rings. The summed E-state index contributed by atoms with van der Waals surface area (Å²) in [6.45, 7) is 6.22. The highest BCUT2D eigenvalue weighted by Crippen LogP contribution is 2.32. The van der Waals surface area contributed by atoms with Gasteiger partial charge in [-0.3, -0.25) is 9.69 Å². The summed E-state index contributed by atoms with van der Waals surface area (Å²) in [5.41, 5.74) is -0.558. The summed E-state index contributed by atoms with van der Waals surface area (Å²) >= 11 is 0. The van der Waals surface area contributed by atoms with Crippen molar-refractivity contribution in [2.45, 2.75) is 57.7 Å². The first-order valence-electron chi connectivity index (χ1n) is 7.61. The van der Waals surface area contributed by atoms with Crippen molar-refractivity contribution in [1.29, 1.82) is 0 Å². The maximum atomic E-state index is 12.1. The van der Waals surface area contributed by atoms with E-state index in [0.29, 0.717) is 19.0 Å². The van der Waals surface area contributed by atoms with E-state index in [1.165, 1.54) is 4.90 Å². The predicted molar refractivity (Wildman–Crippen MR) is 78.1 cm³/mol. The number of piperidine rings is 1. The Morgan fingerprint density at radius 2 is 1.86 bits per heavy atom. The van der Waals surface area contributed by atoms with Crippen molar-refractivity contribution in [2.75, 3.05) is 20.1 Å². The normalized spacial score (nSPS) is 26.8. The van der Waals surface area contributed by atoms with Gasteiger partial charge in [0.05, 0.1) is 5.92 Å². The van der Waals surface area contributed by atoms with Gasteiger partial charge >= 0.3 is 12.1 Å². The van der Waals surface area contributed by atoms with Crippen LogP contribution in [0.2, 0.25) is 0 Å². The highest BCUT2D eigenvalue weighted by Gasteiger charge is 2.42. The van der Waals surface area contributed by atoms with E-state index in [-0.39, 0.29) is 12.6 Å². The van der Waals surface area contributed by atoms with Gasteiger partial charge in [-0.1, -0.05) is 0 Å². The van der Waals surface area contributed by atoms with Crippen molar-refractivity contribution in [3.8, 4) is 0 Å². The summed E-state index contributed by atoms with van der Waals surface area (Å²) in [6, 6.07) is 0.526. The third-order valence-electron chi connectivity index (χ3n) is 4.19. The molecular weight excluding hydrogens is 272 g/mol. The minimum Gasteiger partial charge on any atom is -0.481 e. The van der Waals surface area contributed by atoms with E-state index < -0.39 is 23.6 Å². The number of rotatable bonds is 3. The van der Waals surface area contributed by atoms with Crippen LogP contribution in [0.25, 0.3) is 0 Å². The number of carboxylic acids is 1. The Balaban J connectivity index is 2.01. The first kappa shape index (κ1) is 16.1. The van der Waals surface area contributed by atoms with Crippen LogP contribution >= 0.6 is 0 Å². The maximum absolute atomic E-state index is 12.1. The molecule has 0 aromatic heterocycles. The van der Waals surface area contributed by atoms with E-state index >= 15 is 0 Å². The molecule has 0 aromatic carbocycles. The molecule has 21 heavy (non-hydrogen) atoms. The zero-order valence-electron chi connectivity index (χ0n) is 13.3. The van der Waals surface area contributed by atoms with Gasteiger partial charge in [0, 0.05) is 25.2 Å². The molecule has 1 aliphatic carbocycles. The van der Waals surface area contributed by atoms with E-state index in [2.05, 4.69) is 4.90 Å². The smallest absolute Gasteiger partial charge is 0.410 e. The number of nitrogens with zero attached hydrogens (tertiary/aromatic N) is 2. The van der Waals surface area contributed by atoms with Gasteiger partial charge < -0.3 is 14.7 Å². The monoisotopic (exact) mass is 298 g/mol. The molecule has 1 saturated carbocycles. The van der Waals surface area contributed by atoms with Crippen LogP contribution in [-0.4, -0.2) is 64.8 Å². The van der Waals surface area contributed by atoms with Crippen molar-refractivity contribution < 1.29 is 19.4 Å². The summed E-state index contributed by atoms with van der Waals surface area (Å²) in [5, 5.41) is 9.49. The highest BCUT2D eigenvalue weighted by atomic mass is 16.6. The Kier molecular flexibility index (Phi) is 4.46. The molecule has 1 N–H and O–H groups in total. The summed E-state index contributed by atoms with van der Waals surface area (Å²) in [4.78, 5) is 27.4. The molecule has 0 spiro atoms. The Hall–Kier alpha value is -1.30. The van der Waals surface area contributed by atoms with Crippen molar-refractivity contribution in [3.63, 3.8) is 0 Å². The number of amides is 1. The number of carbonyl (C=O) groups excluding carboxylic acids is 1. The average Bonchev–Trinajstić information content (AvgIpc) is 3.19. The second-order valence-electron chi connectivity index (χ2n) is 7.12. The second kappa shape index (κ2) is 5.83. The van der Waals surface area contributed by atoms with Gasteiger partial charge in [-0.15, -0.1) is 0 Å². The summed E-state index contributed by atoms with van der Waals surface area (Å²) < 4.78 is 5.34. The van der Waals surface area contributed by atoms with Crippen LogP contribution < -0.4 is 0 Å². The molecule has 1 aliphatic heterocycles. The molecule has 0 unspecified atom stereocenters. The van der Waals surface area contributed by atoms with Crippen molar-refractivity contribution in [2.24, 2.45) is 5.92 Å². The Labute approximate surface area is 126 Å². The molecule has 2 rings (SSSR count). The maximum Gasteiger partial charge on any atom is 0.410 e. The molecule has 2 atom stereocenters. The van der Waals surface area contributed by atoms with Gasteiger partial charge in [-0.2, -0.15) is 0 Å². The lowest BCUT2D eigenvalue weighted by Gasteiger charge is -2.41. The van der Waals surface area contributed by atoms with Crippen LogP contribution in [0.4, 0.5) is 4.79 Å². The molecule has 0 bridgehead atoms. The van der Waals surface area contributed by atoms with Gasteiger partial charge in [0.2, 0.25) is 0 Å². The summed E-state index contributed by atoms with van der Waals surface area (Å²) in [6.07, 6.45) is 2.56. The minimum atomic E-state index is -0.833. The first-order valence-corrected chi connectivity index (χ1v) is 7.61. The van der Waals surface area contributed by atoms with Crippen LogP contribution in [0.3, 0.4) is 0 Å². The molecular formula is C15H26N2O4. The lowest BCUT2D eigenvalue weighted by Crippen LogP contribution is -2.55. The standard InChI is InChI=1S/C15H26N2O4/c1-15(2,3)21-14(20)17-8-7-12(11(9-17)13(18)19)16(4)10-5-6-10/h10-12H,5-9H2,1-4H3,(H,18,19)/t11-,12-/m1/s1. The molecule has 2 aliphatic rings. The molecule has 1 saturated heterocycles. The summed E-state index contributed by atoms with van der Waals surface area (Å²) in [5.74, 6) is -1.38. The third-order valence-corrected chi connectivity index (χ3v) is 4.19. The fourth-order valence-corrected chi connectivity index (χ4v) is 2.91. The second-order valence-corrected chi connectivity index (χ2v) is 7.12. The molecule has 0 radical (unpaired) electrons. The Morgan fingerprint density at radius 3 is 2.33 bits per heavy atom. The van der Waals surface area contributed by atoms with E-state index in [0.717, 1.165) is 12.8 Å². The van der Waals surface area contributed by atoms with E-state index in [9.17, 15) is 14.7 Å². The van der Waals surface area contributed by atoms with E-state index in [1.54, 1.807) is 0 Å². The van der Waals surface area contributed by atoms with Crippen LogP contribution in [0.1, 0.15) is 40.0 Å². The lowest BCUT2D eigenvalue weighted by atomic mass is 9.91. The van der Waals surface area contributed by atoms with E-state index in [4.69, 9.17) is 4.74 Å². The zero-order valence-corrected chi connectivity index (χ0v) is 13.3. The van der Waals surface area contributed by atoms with Gasteiger partial charge in [0.15, 0.2) is 0 Å². The molecule has 1 heterocycles. The van der Waals surface area contributed by atoms with Crippen molar-refractivity contribution in [1.82, 2.24) is 9.80 Å². The van der Waals surface area contributed by atoms with Crippen LogP contribution in [0, 0.1) is 5.92 Å². The fraction of sp³-hybridized carbons (Fsp3) is 0.867. The lowest BCUT2D eigenvalue weighted by molar-refractivity contribution is -0.146. The van der Waals surface area contributed by atoms with Crippen LogP contribution in [-0.2, 0) is 9.53 Å². The summed E-state index contributed by atoms with van der Waals surface area (Å²) in [7, 11) is 2.00. The molecule has 120 valence electrons. The molecule has 6 nitrogen and oxygen atoms in total. The molecule has 1 amide bonds. The van der Waals surface area contributed by atoms with Gasteiger partial charge in [-0.05, 0) is 47.1 Å². The van der Waals surface area contributed by atoms with Gasteiger partial charge in [0.1, 0.15) is 5.60 Å². The van der Waals surface area contributed by atoms with Crippen LogP contribution in [0.5, 0.6) is 0 Å². The number of hydrogen-bond donors (Lipinski definition) is 1. The SMILES string of the molecule is CN(C1CC1)[C@@H]1CCN(C(=O)OC(C)(C)C)C[C@H]1C(=O)O. The van der Waals surface area contributed by atoms with Crippen molar-refractivity contribution in [3.05, 3.63) is 0 Å². The number of carboxylic acid groups (broad SMARTS) is 1. The predicted octanol–water partition coefficient (Wildman–Crippen LogP) is 1.79. The number of carbonyl (C=O) groups is 2. The van der Waals surface area contributed by atoms with Gasteiger partial charge in [0.25, 0.3) is 0 Å². The number of hydrogen-bond acceptors (Lipinski definition) is 4. The van der Waals surface area contributed by atoms with Gasteiger partial charge in [-0.25, -0.2) is 4.79 Å². The van der Waals surface area contributed by atoms with Crippen LogP contribution in [0.15, 0.2) is 0 Å².